The summed E-state index contributed by atoms with van der Waals surface area (Å²) in [5, 5.41) is 20.6. The summed E-state index contributed by atoms with van der Waals surface area (Å²) >= 11 is 1.61. The van der Waals surface area contributed by atoms with Gasteiger partial charge in [0.15, 0.2) is 5.96 Å². The number of aromatic nitrogens is 6. The lowest BCUT2D eigenvalue weighted by Crippen LogP contribution is -2.22. The summed E-state index contributed by atoms with van der Waals surface area (Å²) in [6, 6.07) is 0. The van der Waals surface area contributed by atoms with Gasteiger partial charge < -0.3 is 11.5 Å². The Morgan fingerprint density at radius 2 is 1.50 bits per heavy atom. The molecule has 0 atom stereocenters. The van der Waals surface area contributed by atoms with E-state index < -0.39 is 0 Å². The summed E-state index contributed by atoms with van der Waals surface area (Å²) in [6.45, 7) is 2.26. The normalized spacial score (nSPS) is 11.1. The van der Waals surface area contributed by atoms with Gasteiger partial charge in [-0.1, -0.05) is 76.5 Å². The minimum absolute atomic E-state index is 0.0955. The van der Waals surface area contributed by atoms with E-state index in [4.69, 9.17) is 11.5 Å². The third kappa shape index (κ3) is 7.11. The largest absolute Gasteiger partial charge is 0.370 e. The first-order valence-electron chi connectivity index (χ1n) is 9.39. The van der Waals surface area contributed by atoms with Crippen LogP contribution in [-0.2, 0) is 0 Å². The first kappa shape index (κ1) is 20.3. The zero-order chi connectivity index (χ0) is 18.6. The summed E-state index contributed by atoms with van der Waals surface area (Å²) in [6.07, 6.45) is 13.2. The monoisotopic (exact) mass is 379 g/mol. The number of aliphatic imine (C=N–C) groups is 1. The van der Waals surface area contributed by atoms with E-state index in [0.29, 0.717) is 10.9 Å². The number of nitrogens with zero attached hydrogens (tertiary/aromatic N) is 7. The Morgan fingerprint density at radius 1 is 0.885 bits per heavy atom. The highest BCUT2D eigenvalue weighted by molar-refractivity contribution is 7.99. The molecule has 26 heavy (non-hydrogen) atoms. The molecule has 0 aliphatic carbocycles. The van der Waals surface area contributed by atoms with Gasteiger partial charge in [0.05, 0.1) is 0 Å². The van der Waals surface area contributed by atoms with E-state index in [-0.39, 0.29) is 11.9 Å². The Labute approximate surface area is 158 Å². The minimum Gasteiger partial charge on any atom is -0.370 e. The van der Waals surface area contributed by atoms with Gasteiger partial charge in [0, 0.05) is 5.75 Å². The van der Waals surface area contributed by atoms with Gasteiger partial charge in [0.25, 0.3) is 11.7 Å². The zero-order valence-corrected chi connectivity index (χ0v) is 16.3. The molecule has 0 saturated carbocycles. The molecule has 0 spiro atoms. The summed E-state index contributed by atoms with van der Waals surface area (Å²) in [4.78, 5) is 3.79. The fourth-order valence-corrected chi connectivity index (χ4v) is 3.48. The number of hydrogen-bond donors (Lipinski definition) is 2. The van der Waals surface area contributed by atoms with Crippen LogP contribution in [0.1, 0.15) is 71.1 Å². The molecule has 0 aromatic carbocycles. The van der Waals surface area contributed by atoms with Crippen molar-refractivity contribution in [3.05, 3.63) is 0 Å². The maximum absolute atomic E-state index is 5.33. The lowest BCUT2D eigenvalue weighted by molar-refractivity contribution is 0.563. The van der Waals surface area contributed by atoms with Crippen LogP contribution < -0.4 is 11.5 Å². The Balaban J connectivity index is 1.64. The third-order valence-corrected chi connectivity index (χ3v) is 4.98. The first-order chi connectivity index (χ1) is 12.7. The van der Waals surface area contributed by atoms with Gasteiger partial charge in [0.1, 0.15) is 0 Å². The van der Waals surface area contributed by atoms with Crippen molar-refractivity contribution in [1.29, 1.82) is 0 Å². The Hall–Kier alpha value is -1.97. The van der Waals surface area contributed by atoms with Gasteiger partial charge >= 0.3 is 0 Å². The van der Waals surface area contributed by atoms with Crippen LogP contribution in [0.3, 0.4) is 0 Å². The number of thioether (sulfide) groups is 1. The van der Waals surface area contributed by atoms with Crippen LogP contribution in [0.25, 0.3) is 5.78 Å². The quantitative estimate of drug-likeness (QED) is 0.235. The van der Waals surface area contributed by atoms with Crippen molar-refractivity contribution in [2.45, 2.75) is 76.3 Å². The van der Waals surface area contributed by atoms with Crippen LogP contribution in [0.5, 0.6) is 0 Å². The zero-order valence-electron chi connectivity index (χ0n) is 15.5. The van der Waals surface area contributed by atoms with Crippen molar-refractivity contribution >= 4 is 29.4 Å². The highest BCUT2D eigenvalue weighted by atomic mass is 32.2. The number of unbranched alkanes of at least 4 members (excludes halogenated alkanes) is 9. The number of hydrogen-bond acceptors (Lipinski definition) is 7. The second-order valence-electron chi connectivity index (χ2n) is 6.26. The fraction of sp³-hybridized carbons (Fsp3) is 0.750. The second-order valence-corrected chi connectivity index (χ2v) is 7.32. The van der Waals surface area contributed by atoms with Crippen LogP contribution in [-0.4, -0.2) is 41.7 Å². The topological polar surface area (TPSA) is 133 Å². The predicted octanol–water partition coefficient (Wildman–Crippen LogP) is 2.83. The molecule has 10 heteroatoms. The fourth-order valence-electron chi connectivity index (χ4n) is 2.61. The highest BCUT2D eigenvalue weighted by Gasteiger charge is 2.10. The molecule has 0 radical (unpaired) electrons. The summed E-state index contributed by atoms with van der Waals surface area (Å²) in [5.74, 6) is 1.29. The maximum Gasteiger partial charge on any atom is 0.291 e. The van der Waals surface area contributed by atoms with Crippen LogP contribution >= 0.6 is 11.8 Å². The van der Waals surface area contributed by atoms with Gasteiger partial charge in [-0.2, -0.15) is 9.51 Å². The molecule has 0 aliphatic heterocycles. The first-order valence-corrected chi connectivity index (χ1v) is 10.4. The van der Waals surface area contributed by atoms with Crippen molar-refractivity contribution in [3.63, 3.8) is 0 Å². The lowest BCUT2D eigenvalue weighted by atomic mass is 10.1. The lowest BCUT2D eigenvalue weighted by Gasteiger charge is -2.02. The average Bonchev–Trinajstić information content (AvgIpc) is 3.01. The Bertz CT molecular complexity index is 681. The average molecular weight is 380 g/mol. The third-order valence-electron chi connectivity index (χ3n) is 3.97. The predicted molar refractivity (Wildman–Crippen MR) is 104 cm³/mol. The number of fused-ring (bicyclic) bond motifs is 1. The molecular formula is C16H29N9S. The van der Waals surface area contributed by atoms with E-state index in [9.17, 15) is 0 Å². The molecule has 2 aromatic rings. The van der Waals surface area contributed by atoms with Crippen molar-refractivity contribution in [2.24, 2.45) is 16.5 Å². The molecule has 0 fully saturated rings. The molecule has 2 heterocycles. The van der Waals surface area contributed by atoms with Gasteiger partial charge in [-0.25, -0.2) is 0 Å². The van der Waals surface area contributed by atoms with E-state index in [1.165, 1.54) is 62.3 Å². The smallest absolute Gasteiger partial charge is 0.291 e. The van der Waals surface area contributed by atoms with Crippen LogP contribution in [0.15, 0.2) is 10.1 Å². The van der Waals surface area contributed by atoms with Gasteiger partial charge in [-0.15, -0.1) is 25.5 Å². The standard InChI is InChI=1S/C16H29N9S/c1-2-3-4-5-6-7-8-9-10-11-12-26-16-23-22-15-21-20-14(19-13(17)18)24-25(15)16/h2-12H2,1H3,(H4,17,18,19,24). The molecule has 0 amide bonds. The van der Waals surface area contributed by atoms with Crippen molar-refractivity contribution < 1.29 is 0 Å². The Morgan fingerprint density at radius 3 is 2.15 bits per heavy atom. The maximum atomic E-state index is 5.33. The van der Waals surface area contributed by atoms with E-state index in [2.05, 4.69) is 37.4 Å². The molecule has 0 bridgehead atoms. The van der Waals surface area contributed by atoms with E-state index >= 15 is 0 Å². The highest BCUT2D eigenvalue weighted by Crippen LogP contribution is 2.18. The Kier molecular flexibility index (Phi) is 9.08. The molecular weight excluding hydrogens is 350 g/mol. The number of rotatable bonds is 13. The summed E-state index contributed by atoms with van der Waals surface area (Å²) in [7, 11) is 0. The van der Waals surface area contributed by atoms with Crippen LogP contribution in [0.2, 0.25) is 0 Å². The molecule has 0 unspecified atom stereocenters. The van der Waals surface area contributed by atoms with Gasteiger partial charge in [-0.3, -0.25) is 0 Å². The van der Waals surface area contributed by atoms with E-state index in [1.54, 1.807) is 11.8 Å². The SMILES string of the molecule is CCCCCCCCCCCCSc1nnc2nnc(N=C(N)N)nn12. The van der Waals surface area contributed by atoms with Crippen molar-refractivity contribution in [1.82, 2.24) is 30.0 Å². The van der Waals surface area contributed by atoms with Crippen molar-refractivity contribution in [3.8, 4) is 0 Å². The van der Waals surface area contributed by atoms with Crippen molar-refractivity contribution in [2.75, 3.05) is 5.75 Å². The van der Waals surface area contributed by atoms with Crippen LogP contribution in [0, 0.1) is 0 Å². The molecule has 9 nitrogen and oxygen atoms in total. The summed E-state index contributed by atoms with van der Waals surface area (Å²) < 4.78 is 1.52. The molecule has 0 aliphatic rings. The van der Waals surface area contributed by atoms with E-state index in [0.717, 1.165) is 12.2 Å². The van der Waals surface area contributed by atoms with Gasteiger partial charge in [-0.05, 0) is 6.42 Å². The number of guanidine groups is 1. The molecule has 0 saturated heterocycles. The molecule has 2 aromatic heterocycles. The summed E-state index contributed by atoms with van der Waals surface area (Å²) in [5.41, 5.74) is 10.7. The van der Waals surface area contributed by atoms with Gasteiger partial charge in [0.2, 0.25) is 5.16 Å². The number of nitrogens with two attached hydrogens (primary N) is 2. The second kappa shape index (κ2) is 11.6. The molecule has 4 N–H and O–H groups in total. The molecule has 144 valence electrons. The minimum atomic E-state index is -0.112. The van der Waals surface area contributed by atoms with Crippen LogP contribution in [0.4, 0.5) is 5.95 Å². The van der Waals surface area contributed by atoms with E-state index in [1.807, 2.05) is 0 Å². The molecule has 2 rings (SSSR count).